The van der Waals surface area contributed by atoms with Gasteiger partial charge < -0.3 is 15.0 Å². The van der Waals surface area contributed by atoms with Crippen molar-refractivity contribution in [1.29, 1.82) is 0 Å². The summed E-state index contributed by atoms with van der Waals surface area (Å²) in [4.78, 5) is 21.1. The van der Waals surface area contributed by atoms with E-state index >= 15 is 0 Å². The van der Waals surface area contributed by atoms with Crippen LogP contribution in [0.1, 0.15) is 12.0 Å². The lowest BCUT2D eigenvalue weighted by molar-refractivity contribution is 0.0365. The number of urea groups is 1. The van der Waals surface area contributed by atoms with Crippen molar-refractivity contribution in [1.82, 2.24) is 14.8 Å². The van der Waals surface area contributed by atoms with Gasteiger partial charge in [0.1, 0.15) is 0 Å². The normalized spacial score (nSPS) is 14.6. The molecule has 1 fully saturated rings. The van der Waals surface area contributed by atoms with Crippen molar-refractivity contribution >= 4 is 34.9 Å². The number of nitrogens with one attached hydrogen (secondary N) is 1. The quantitative estimate of drug-likeness (QED) is 0.727. The molecular formula is C20H24Cl2N4O2. The van der Waals surface area contributed by atoms with Crippen LogP contribution in [0.5, 0.6) is 0 Å². The van der Waals surface area contributed by atoms with Crippen molar-refractivity contribution in [3.8, 4) is 0 Å². The molecule has 28 heavy (non-hydrogen) atoms. The number of hydrogen-bond donors (Lipinski definition) is 1. The van der Waals surface area contributed by atoms with Crippen LogP contribution in [-0.2, 0) is 11.3 Å². The van der Waals surface area contributed by atoms with Crippen molar-refractivity contribution in [2.45, 2.75) is 13.0 Å². The number of amides is 2. The second-order valence-electron chi connectivity index (χ2n) is 6.64. The first kappa shape index (κ1) is 20.9. The minimum absolute atomic E-state index is 0.192. The number of nitrogens with zero attached hydrogens (tertiary/aromatic N) is 3. The Hall–Kier alpha value is -1.86. The highest BCUT2D eigenvalue weighted by Crippen LogP contribution is 2.25. The Labute approximate surface area is 175 Å². The van der Waals surface area contributed by atoms with Crippen molar-refractivity contribution in [2.24, 2.45) is 0 Å². The lowest BCUT2D eigenvalue weighted by atomic mass is 10.2. The molecule has 1 aliphatic rings. The average molecular weight is 423 g/mol. The first-order chi connectivity index (χ1) is 13.6. The molecule has 1 aliphatic heterocycles. The summed E-state index contributed by atoms with van der Waals surface area (Å²) in [6.45, 7) is 5.50. The zero-order chi connectivity index (χ0) is 19.8. The van der Waals surface area contributed by atoms with Crippen LogP contribution in [0.4, 0.5) is 10.5 Å². The molecule has 0 radical (unpaired) electrons. The third-order valence-electron chi connectivity index (χ3n) is 4.59. The smallest absolute Gasteiger partial charge is 0.322 e. The Bertz CT molecular complexity index is 770. The number of halogens is 2. The van der Waals surface area contributed by atoms with E-state index in [2.05, 4.69) is 15.2 Å². The highest BCUT2D eigenvalue weighted by Gasteiger charge is 2.17. The van der Waals surface area contributed by atoms with Gasteiger partial charge in [-0.2, -0.15) is 0 Å². The summed E-state index contributed by atoms with van der Waals surface area (Å²) < 4.78 is 5.39. The lowest BCUT2D eigenvalue weighted by Crippen LogP contribution is -2.40. The van der Waals surface area contributed by atoms with E-state index in [0.717, 1.165) is 44.8 Å². The van der Waals surface area contributed by atoms with E-state index in [1.54, 1.807) is 35.5 Å². The van der Waals surface area contributed by atoms with Crippen LogP contribution >= 0.6 is 23.2 Å². The Morgan fingerprint density at radius 1 is 1.18 bits per heavy atom. The van der Waals surface area contributed by atoms with E-state index < -0.39 is 0 Å². The van der Waals surface area contributed by atoms with Gasteiger partial charge in [0, 0.05) is 50.1 Å². The van der Waals surface area contributed by atoms with Crippen LogP contribution in [0.15, 0.2) is 42.7 Å². The maximum atomic E-state index is 12.9. The highest BCUT2D eigenvalue weighted by atomic mass is 35.5. The summed E-state index contributed by atoms with van der Waals surface area (Å²) in [5.41, 5.74) is 1.57. The zero-order valence-electron chi connectivity index (χ0n) is 15.6. The molecule has 1 saturated heterocycles. The fourth-order valence-corrected chi connectivity index (χ4v) is 3.51. The van der Waals surface area contributed by atoms with Gasteiger partial charge in [-0.15, -0.1) is 0 Å². The van der Waals surface area contributed by atoms with Crippen LogP contribution in [-0.4, -0.2) is 60.2 Å². The summed E-state index contributed by atoms with van der Waals surface area (Å²) in [6.07, 6.45) is 4.34. The van der Waals surface area contributed by atoms with Crippen LogP contribution in [0.25, 0.3) is 0 Å². The minimum atomic E-state index is -0.192. The molecule has 0 aliphatic carbocycles. The molecule has 3 rings (SSSR count). The number of anilines is 1. The van der Waals surface area contributed by atoms with Crippen LogP contribution < -0.4 is 5.32 Å². The predicted octanol–water partition coefficient (Wildman–Crippen LogP) is 4.14. The Morgan fingerprint density at radius 2 is 1.93 bits per heavy atom. The Morgan fingerprint density at radius 3 is 2.64 bits per heavy atom. The molecule has 0 spiro atoms. The second-order valence-corrected chi connectivity index (χ2v) is 7.48. The Balaban J connectivity index is 1.62. The molecule has 8 heteroatoms. The van der Waals surface area contributed by atoms with Crippen LogP contribution in [0.3, 0.4) is 0 Å². The third-order valence-corrected chi connectivity index (χ3v) is 5.14. The van der Waals surface area contributed by atoms with Crippen molar-refractivity contribution in [2.75, 3.05) is 44.7 Å². The second kappa shape index (κ2) is 10.6. The summed E-state index contributed by atoms with van der Waals surface area (Å²) in [5.74, 6) is 0. The zero-order valence-corrected chi connectivity index (χ0v) is 17.1. The maximum Gasteiger partial charge on any atom is 0.322 e. The molecule has 1 aromatic heterocycles. The monoisotopic (exact) mass is 422 g/mol. The number of hydrogen-bond acceptors (Lipinski definition) is 4. The van der Waals surface area contributed by atoms with Gasteiger partial charge in [0.2, 0.25) is 0 Å². The van der Waals surface area contributed by atoms with Gasteiger partial charge in [-0.25, -0.2) is 4.79 Å². The molecule has 2 aromatic rings. The number of carbonyl (C=O) groups is 1. The van der Waals surface area contributed by atoms with Gasteiger partial charge in [0.05, 0.1) is 23.9 Å². The molecule has 6 nitrogen and oxygen atoms in total. The van der Waals surface area contributed by atoms with Crippen LogP contribution in [0.2, 0.25) is 10.0 Å². The number of morpholine rings is 1. The van der Waals surface area contributed by atoms with Gasteiger partial charge in [-0.1, -0.05) is 23.2 Å². The number of aromatic nitrogens is 1. The summed E-state index contributed by atoms with van der Waals surface area (Å²) >= 11 is 12.1. The SMILES string of the molecule is O=C(Nc1ccc(Cl)cc1Cl)N(CCCN1CCOCC1)Cc1ccncc1. The first-order valence-corrected chi connectivity index (χ1v) is 10.1. The topological polar surface area (TPSA) is 57.7 Å². The molecular weight excluding hydrogens is 399 g/mol. The minimum Gasteiger partial charge on any atom is -0.379 e. The average Bonchev–Trinajstić information content (AvgIpc) is 2.71. The van der Waals surface area contributed by atoms with Crippen molar-refractivity contribution in [3.05, 3.63) is 58.3 Å². The van der Waals surface area contributed by atoms with Gasteiger partial charge >= 0.3 is 6.03 Å². The van der Waals surface area contributed by atoms with E-state index in [4.69, 9.17) is 27.9 Å². The fraction of sp³-hybridized carbons (Fsp3) is 0.400. The molecule has 0 atom stereocenters. The summed E-state index contributed by atoms with van der Waals surface area (Å²) in [7, 11) is 0. The van der Waals surface area contributed by atoms with Gasteiger partial charge in [-0.05, 0) is 42.3 Å². The number of rotatable bonds is 7. The fourth-order valence-electron chi connectivity index (χ4n) is 3.06. The van der Waals surface area contributed by atoms with E-state index in [1.807, 2.05) is 12.1 Å². The van der Waals surface area contributed by atoms with Gasteiger partial charge in [-0.3, -0.25) is 9.88 Å². The van der Waals surface area contributed by atoms with Crippen LogP contribution in [0, 0.1) is 0 Å². The molecule has 2 heterocycles. The van der Waals surface area contributed by atoms with E-state index in [1.165, 1.54) is 0 Å². The Kier molecular flexibility index (Phi) is 7.91. The highest BCUT2D eigenvalue weighted by molar-refractivity contribution is 6.36. The molecule has 0 saturated carbocycles. The number of benzene rings is 1. The largest absolute Gasteiger partial charge is 0.379 e. The predicted molar refractivity (Wildman–Crippen MR) is 112 cm³/mol. The summed E-state index contributed by atoms with van der Waals surface area (Å²) in [6, 6.07) is 8.66. The summed E-state index contributed by atoms with van der Waals surface area (Å²) in [5, 5.41) is 3.84. The van der Waals surface area contributed by atoms with Crippen molar-refractivity contribution < 1.29 is 9.53 Å². The molecule has 1 aromatic carbocycles. The van der Waals surface area contributed by atoms with Gasteiger partial charge in [0.15, 0.2) is 0 Å². The third kappa shape index (κ3) is 6.34. The molecule has 150 valence electrons. The van der Waals surface area contributed by atoms with Crippen molar-refractivity contribution in [3.63, 3.8) is 0 Å². The molecule has 0 unspecified atom stereocenters. The maximum absolute atomic E-state index is 12.9. The number of ether oxygens (including phenoxy) is 1. The molecule has 0 bridgehead atoms. The lowest BCUT2D eigenvalue weighted by Gasteiger charge is -2.28. The van der Waals surface area contributed by atoms with E-state index in [-0.39, 0.29) is 6.03 Å². The first-order valence-electron chi connectivity index (χ1n) is 9.32. The molecule has 2 amide bonds. The number of carbonyl (C=O) groups excluding carboxylic acids is 1. The van der Waals surface area contributed by atoms with E-state index in [9.17, 15) is 4.79 Å². The van der Waals surface area contributed by atoms with E-state index in [0.29, 0.717) is 28.8 Å². The molecule has 1 N–H and O–H groups in total. The van der Waals surface area contributed by atoms with Gasteiger partial charge in [0.25, 0.3) is 0 Å². The number of pyridine rings is 1. The standard InChI is InChI=1S/C20H24Cl2N4O2/c21-17-2-3-19(18(22)14-17)24-20(27)26(15-16-4-6-23-7-5-16)9-1-8-25-10-12-28-13-11-25/h2-7,14H,1,8-13,15H2,(H,24,27).